The Morgan fingerprint density at radius 3 is 1.88 bits per heavy atom. The van der Waals surface area contributed by atoms with Crippen LogP contribution in [0.1, 0.15) is 20.8 Å². The fourth-order valence-electron chi connectivity index (χ4n) is 0.194. The average molecular weight is 133 g/mol. The maximum atomic E-state index is 10.7. The van der Waals surface area contributed by atoms with E-state index < -0.39 is 11.4 Å². The Morgan fingerprint density at radius 2 is 1.88 bits per heavy atom. The fraction of sp³-hybridized carbons (Fsp3) is 0.800. The quantitative estimate of drug-likeness (QED) is 0.390. The van der Waals surface area contributed by atoms with Crippen molar-refractivity contribution in [1.82, 2.24) is 0 Å². The Morgan fingerprint density at radius 1 is 1.50 bits per heavy atom. The molecule has 0 saturated heterocycles. The van der Waals surface area contributed by atoms with Gasteiger partial charge in [0, 0.05) is 6.72 Å². The average Bonchev–Trinajstić information content (AvgIpc) is 1.62. The Hall–Kier alpha value is -0.0200. The minimum Gasteiger partial charge on any atom is -0.591 e. The molecule has 0 amide bonds. The van der Waals surface area contributed by atoms with Crippen LogP contribution in [-0.4, -0.2) is 16.0 Å². The molecule has 0 aromatic rings. The van der Waals surface area contributed by atoms with Gasteiger partial charge in [0.15, 0.2) is 0 Å². The van der Waals surface area contributed by atoms with Crippen LogP contribution in [0.2, 0.25) is 0 Å². The van der Waals surface area contributed by atoms with E-state index in [1.54, 1.807) is 0 Å². The monoisotopic (exact) mass is 133 g/mol. The minimum absolute atomic E-state index is 0.248. The van der Waals surface area contributed by atoms with Crippen LogP contribution >= 0.6 is 0 Å². The smallest absolute Gasteiger partial charge is 0.144 e. The lowest BCUT2D eigenvalue weighted by atomic mass is 10.3. The number of hydrogen-bond donors (Lipinski definition) is 0. The molecule has 0 aromatic carbocycles. The molecule has 0 saturated carbocycles. The van der Waals surface area contributed by atoms with Crippen LogP contribution in [0.15, 0.2) is 4.40 Å². The lowest BCUT2D eigenvalue weighted by Gasteiger charge is -2.16. The topological polar surface area (TPSA) is 35.4 Å². The summed E-state index contributed by atoms with van der Waals surface area (Å²) in [6.45, 7) is 8.75. The van der Waals surface area contributed by atoms with E-state index in [9.17, 15) is 4.55 Å². The Labute approximate surface area is 53.3 Å². The second-order valence-corrected chi connectivity index (χ2v) is 4.47. The highest BCUT2D eigenvalue weighted by molar-refractivity contribution is 7.91. The molecule has 0 fully saturated rings. The van der Waals surface area contributed by atoms with E-state index in [1.807, 2.05) is 20.8 Å². The zero-order valence-corrected chi connectivity index (χ0v) is 6.29. The van der Waals surface area contributed by atoms with Gasteiger partial charge in [0.1, 0.15) is 4.75 Å². The van der Waals surface area contributed by atoms with Gasteiger partial charge in [0.25, 0.3) is 0 Å². The Kier molecular flexibility index (Phi) is 2.50. The predicted molar refractivity (Wildman–Crippen MR) is 37.4 cm³/mol. The van der Waals surface area contributed by atoms with Gasteiger partial charge in [-0.3, -0.25) is 0 Å². The summed E-state index contributed by atoms with van der Waals surface area (Å²) in [7, 11) is 0. The van der Waals surface area contributed by atoms with E-state index in [4.69, 9.17) is 0 Å². The van der Waals surface area contributed by atoms with E-state index in [1.165, 1.54) is 0 Å². The number of nitrogens with zero attached hydrogens (tertiary/aromatic N) is 1. The van der Waals surface area contributed by atoms with Gasteiger partial charge in [-0.15, -0.1) is 0 Å². The molecular weight excluding hydrogens is 122 g/mol. The highest BCUT2D eigenvalue weighted by atomic mass is 32.2. The molecule has 48 valence electrons. The fourth-order valence-corrected chi connectivity index (χ4v) is 0.581. The van der Waals surface area contributed by atoms with Crippen LogP contribution in [0.25, 0.3) is 0 Å². The SMILES string of the molecule is C=N[S@+]([O-])C(C)(C)C. The van der Waals surface area contributed by atoms with Gasteiger partial charge in [0.2, 0.25) is 0 Å². The third kappa shape index (κ3) is 2.33. The zero-order chi connectivity index (χ0) is 6.78. The van der Waals surface area contributed by atoms with Crippen LogP contribution in [0.5, 0.6) is 0 Å². The van der Waals surface area contributed by atoms with E-state index >= 15 is 0 Å². The van der Waals surface area contributed by atoms with E-state index in [2.05, 4.69) is 11.1 Å². The molecular formula is C5H11NOS. The summed E-state index contributed by atoms with van der Waals surface area (Å²) in [5, 5.41) is 0. The normalized spacial score (nSPS) is 15.5. The van der Waals surface area contributed by atoms with Crippen molar-refractivity contribution in [2.45, 2.75) is 25.5 Å². The van der Waals surface area contributed by atoms with Crippen molar-refractivity contribution >= 4 is 18.1 Å². The first-order valence-electron chi connectivity index (χ1n) is 2.37. The van der Waals surface area contributed by atoms with Gasteiger partial charge in [-0.2, -0.15) is 0 Å². The van der Waals surface area contributed by atoms with Crippen LogP contribution in [-0.2, 0) is 11.4 Å². The standard InChI is InChI=1S/C5H11NOS/c1-5(2,3)8(7)6-4/h4H2,1-3H3/t8-/m1/s1. The molecule has 0 unspecified atom stereocenters. The Balaban J connectivity index is 3.80. The molecule has 0 rings (SSSR count). The molecule has 0 aliphatic rings. The summed E-state index contributed by atoms with van der Waals surface area (Å²) in [5.74, 6) is 0. The molecule has 2 nitrogen and oxygen atoms in total. The highest BCUT2D eigenvalue weighted by Crippen LogP contribution is 2.15. The van der Waals surface area contributed by atoms with Crippen LogP contribution in [0.3, 0.4) is 0 Å². The van der Waals surface area contributed by atoms with Crippen molar-refractivity contribution in [2.24, 2.45) is 4.40 Å². The minimum atomic E-state index is -1.13. The van der Waals surface area contributed by atoms with Crippen molar-refractivity contribution < 1.29 is 4.55 Å². The van der Waals surface area contributed by atoms with Crippen LogP contribution < -0.4 is 0 Å². The lowest BCUT2D eigenvalue weighted by molar-refractivity contribution is 0.562. The van der Waals surface area contributed by atoms with E-state index in [0.29, 0.717) is 0 Å². The summed E-state index contributed by atoms with van der Waals surface area (Å²) < 4.78 is 13.8. The molecule has 0 aliphatic carbocycles. The maximum absolute atomic E-state index is 10.7. The molecule has 0 spiro atoms. The Bertz CT molecular complexity index is 86.9. The van der Waals surface area contributed by atoms with Gasteiger partial charge in [-0.05, 0) is 20.8 Å². The number of rotatable bonds is 1. The summed E-state index contributed by atoms with van der Waals surface area (Å²) in [6.07, 6.45) is 0. The first-order valence-corrected chi connectivity index (χ1v) is 3.48. The summed E-state index contributed by atoms with van der Waals surface area (Å²) in [6, 6.07) is 0. The first kappa shape index (κ1) is 7.98. The number of hydrogen-bond acceptors (Lipinski definition) is 2. The van der Waals surface area contributed by atoms with E-state index in [0.717, 1.165) is 0 Å². The molecule has 0 heterocycles. The molecule has 0 radical (unpaired) electrons. The van der Waals surface area contributed by atoms with Crippen molar-refractivity contribution in [1.29, 1.82) is 0 Å². The largest absolute Gasteiger partial charge is 0.591 e. The van der Waals surface area contributed by atoms with Gasteiger partial charge >= 0.3 is 0 Å². The zero-order valence-electron chi connectivity index (χ0n) is 5.47. The second kappa shape index (κ2) is 2.51. The van der Waals surface area contributed by atoms with Crippen LogP contribution in [0.4, 0.5) is 0 Å². The first-order chi connectivity index (χ1) is 3.48. The van der Waals surface area contributed by atoms with Crippen molar-refractivity contribution in [3.8, 4) is 0 Å². The van der Waals surface area contributed by atoms with Gasteiger partial charge in [-0.25, -0.2) is 0 Å². The summed E-state index contributed by atoms with van der Waals surface area (Å²) in [4.78, 5) is 0. The molecule has 0 aliphatic heterocycles. The summed E-state index contributed by atoms with van der Waals surface area (Å²) >= 11 is -1.13. The third-order valence-electron chi connectivity index (χ3n) is 0.641. The third-order valence-corrected chi connectivity index (χ3v) is 1.92. The second-order valence-electron chi connectivity index (χ2n) is 2.49. The van der Waals surface area contributed by atoms with Gasteiger partial charge in [0.05, 0.1) is 11.4 Å². The van der Waals surface area contributed by atoms with Crippen molar-refractivity contribution in [3.05, 3.63) is 0 Å². The molecule has 8 heavy (non-hydrogen) atoms. The molecule has 0 bridgehead atoms. The molecule has 0 N–H and O–H groups in total. The van der Waals surface area contributed by atoms with Crippen LogP contribution in [0, 0.1) is 0 Å². The van der Waals surface area contributed by atoms with Gasteiger partial charge in [-0.1, -0.05) is 4.40 Å². The van der Waals surface area contributed by atoms with Crippen molar-refractivity contribution in [3.63, 3.8) is 0 Å². The van der Waals surface area contributed by atoms with E-state index in [-0.39, 0.29) is 4.75 Å². The predicted octanol–water partition coefficient (Wildman–Crippen LogP) is 1.15. The molecule has 3 heteroatoms. The maximum Gasteiger partial charge on any atom is 0.144 e. The lowest BCUT2D eigenvalue weighted by Crippen LogP contribution is -2.25. The van der Waals surface area contributed by atoms with Gasteiger partial charge < -0.3 is 4.55 Å². The molecule has 0 aromatic heterocycles. The van der Waals surface area contributed by atoms with Crippen molar-refractivity contribution in [2.75, 3.05) is 0 Å². The highest BCUT2D eigenvalue weighted by Gasteiger charge is 2.24. The summed E-state index contributed by atoms with van der Waals surface area (Å²) in [5.41, 5.74) is 0. The molecule has 1 atom stereocenters.